The molecule has 7 heteroatoms. The lowest BCUT2D eigenvalue weighted by Crippen LogP contribution is -2.32. The molecule has 0 spiro atoms. The van der Waals surface area contributed by atoms with Crippen molar-refractivity contribution < 1.29 is 18.4 Å². The van der Waals surface area contributed by atoms with Crippen LogP contribution in [0, 0.1) is 11.6 Å². The van der Waals surface area contributed by atoms with Crippen LogP contribution in [0.2, 0.25) is 0 Å². The van der Waals surface area contributed by atoms with E-state index in [0.29, 0.717) is 11.3 Å². The molecule has 0 aliphatic carbocycles. The molecule has 0 bridgehead atoms. The van der Waals surface area contributed by atoms with Crippen LogP contribution in [0.15, 0.2) is 66.9 Å². The van der Waals surface area contributed by atoms with Crippen molar-refractivity contribution in [3.63, 3.8) is 0 Å². The zero-order chi connectivity index (χ0) is 21.1. The van der Waals surface area contributed by atoms with Crippen LogP contribution in [-0.4, -0.2) is 21.7 Å². The molecule has 0 fully saturated rings. The minimum absolute atomic E-state index is 0.0398. The van der Waals surface area contributed by atoms with Crippen LogP contribution >= 0.6 is 0 Å². The fourth-order valence-corrected chi connectivity index (χ4v) is 3.53. The van der Waals surface area contributed by atoms with E-state index < -0.39 is 6.04 Å². The molecule has 0 saturated heterocycles. The van der Waals surface area contributed by atoms with Gasteiger partial charge >= 0.3 is 0 Å². The minimum atomic E-state index is -0.521. The van der Waals surface area contributed by atoms with Crippen molar-refractivity contribution in [2.45, 2.75) is 25.6 Å². The quantitative estimate of drug-likeness (QED) is 0.677. The zero-order valence-electron chi connectivity index (χ0n) is 16.0. The van der Waals surface area contributed by atoms with Gasteiger partial charge in [0.25, 0.3) is 5.91 Å². The molecule has 2 amide bonds. The maximum absolute atomic E-state index is 13.2. The van der Waals surface area contributed by atoms with Crippen molar-refractivity contribution in [3.05, 3.63) is 101 Å². The highest BCUT2D eigenvalue weighted by Crippen LogP contribution is 2.35. The third kappa shape index (κ3) is 4.20. The number of carbonyl (C=O) groups is 2. The third-order valence-electron chi connectivity index (χ3n) is 5.07. The van der Waals surface area contributed by atoms with E-state index in [2.05, 4.69) is 10.3 Å². The lowest BCUT2D eigenvalue weighted by atomic mass is 10.1. The molecule has 1 aliphatic rings. The summed E-state index contributed by atoms with van der Waals surface area (Å²) in [6, 6.07) is 14.6. The summed E-state index contributed by atoms with van der Waals surface area (Å²) in [6.07, 6.45) is 1.63. The number of rotatable bonds is 6. The molecule has 30 heavy (non-hydrogen) atoms. The number of hydrogen-bond acceptors (Lipinski definition) is 3. The van der Waals surface area contributed by atoms with Crippen LogP contribution in [0.1, 0.15) is 39.6 Å². The Morgan fingerprint density at radius 1 is 0.967 bits per heavy atom. The van der Waals surface area contributed by atoms with Gasteiger partial charge in [0.05, 0.1) is 23.7 Å². The summed E-state index contributed by atoms with van der Waals surface area (Å²) in [5.41, 5.74) is 2.56. The Bertz CT molecular complexity index is 1070. The zero-order valence-corrected chi connectivity index (χ0v) is 16.0. The first-order chi connectivity index (χ1) is 14.5. The van der Waals surface area contributed by atoms with Gasteiger partial charge in [-0.15, -0.1) is 0 Å². The second kappa shape index (κ2) is 8.41. The fraction of sp³-hybridized carbons (Fsp3) is 0.174. The molecule has 4 rings (SSSR count). The van der Waals surface area contributed by atoms with Gasteiger partial charge < -0.3 is 10.2 Å². The van der Waals surface area contributed by atoms with E-state index in [1.54, 1.807) is 47.5 Å². The Kier molecular flexibility index (Phi) is 5.52. The van der Waals surface area contributed by atoms with E-state index in [1.165, 1.54) is 24.3 Å². The SMILES string of the molecule is O=C(C[C@H]1c2ncccc2C(=O)N1Cc1ccc(F)cc1)NCc1ccc(F)cc1. The third-order valence-corrected chi connectivity index (χ3v) is 5.07. The first-order valence-electron chi connectivity index (χ1n) is 9.53. The number of carbonyl (C=O) groups excluding carboxylic acids is 2. The highest BCUT2D eigenvalue weighted by Gasteiger charge is 2.38. The molecule has 1 N–H and O–H groups in total. The molecule has 0 unspecified atom stereocenters. The molecule has 2 aromatic carbocycles. The van der Waals surface area contributed by atoms with Crippen LogP contribution in [0.25, 0.3) is 0 Å². The molecule has 1 atom stereocenters. The molecular weight excluding hydrogens is 388 g/mol. The number of benzene rings is 2. The van der Waals surface area contributed by atoms with Crippen LogP contribution in [0.4, 0.5) is 8.78 Å². The average Bonchev–Trinajstić information content (AvgIpc) is 3.01. The number of nitrogens with one attached hydrogen (secondary N) is 1. The van der Waals surface area contributed by atoms with Crippen LogP contribution in [-0.2, 0) is 17.9 Å². The summed E-state index contributed by atoms with van der Waals surface area (Å²) in [5.74, 6) is -1.15. The van der Waals surface area contributed by atoms with Crippen molar-refractivity contribution in [3.8, 4) is 0 Å². The van der Waals surface area contributed by atoms with Crippen LogP contribution < -0.4 is 5.32 Å². The topological polar surface area (TPSA) is 62.3 Å². The van der Waals surface area contributed by atoms with E-state index in [9.17, 15) is 18.4 Å². The number of fused-ring (bicyclic) bond motifs is 1. The Hall–Kier alpha value is -3.61. The lowest BCUT2D eigenvalue weighted by molar-refractivity contribution is -0.122. The van der Waals surface area contributed by atoms with Crippen molar-refractivity contribution >= 4 is 11.8 Å². The predicted molar refractivity (Wildman–Crippen MR) is 106 cm³/mol. The molecule has 1 aliphatic heterocycles. The number of hydrogen-bond donors (Lipinski definition) is 1. The smallest absolute Gasteiger partial charge is 0.256 e. The van der Waals surface area contributed by atoms with Gasteiger partial charge in [0.1, 0.15) is 11.6 Å². The van der Waals surface area contributed by atoms with E-state index in [1.807, 2.05) is 0 Å². The van der Waals surface area contributed by atoms with E-state index in [4.69, 9.17) is 0 Å². The molecule has 2 heterocycles. The second-order valence-electron chi connectivity index (χ2n) is 7.12. The molecule has 5 nitrogen and oxygen atoms in total. The highest BCUT2D eigenvalue weighted by atomic mass is 19.1. The standard InChI is InChI=1S/C23H19F2N3O2/c24-17-7-3-15(4-8-17)13-27-21(29)12-20-22-19(2-1-11-26-22)23(30)28(20)14-16-5-9-18(25)10-6-16/h1-11,20H,12-14H2,(H,27,29)/t20-/m0/s1. The van der Waals surface area contributed by atoms with Gasteiger partial charge in [-0.2, -0.15) is 0 Å². The van der Waals surface area contributed by atoms with Gasteiger partial charge in [-0.1, -0.05) is 24.3 Å². The van der Waals surface area contributed by atoms with Crippen molar-refractivity contribution in [1.29, 1.82) is 0 Å². The molecular formula is C23H19F2N3O2. The van der Waals surface area contributed by atoms with E-state index in [-0.39, 0.29) is 43.0 Å². The monoisotopic (exact) mass is 407 g/mol. The van der Waals surface area contributed by atoms with Gasteiger partial charge in [-0.25, -0.2) is 8.78 Å². The number of nitrogens with zero attached hydrogens (tertiary/aromatic N) is 2. The number of pyridine rings is 1. The Morgan fingerprint density at radius 2 is 1.60 bits per heavy atom. The van der Waals surface area contributed by atoms with E-state index in [0.717, 1.165) is 11.1 Å². The largest absolute Gasteiger partial charge is 0.352 e. The van der Waals surface area contributed by atoms with Crippen LogP contribution in [0.5, 0.6) is 0 Å². The van der Waals surface area contributed by atoms with Gasteiger partial charge in [-0.3, -0.25) is 14.6 Å². The van der Waals surface area contributed by atoms with Gasteiger partial charge in [0.15, 0.2) is 0 Å². The van der Waals surface area contributed by atoms with Crippen molar-refractivity contribution in [1.82, 2.24) is 15.2 Å². The average molecular weight is 407 g/mol. The predicted octanol–water partition coefficient (Wildman–Crippen LogP) is 3.76. The second-order valence-corrected chi connectivity index (χ2v) is 7.12. The Morgan fingerprint density at radius 3 is 2.27 bits per heavy atom. The molecule has 152 valence electrons. The number of aromatic nitrogens is 1. The first-order valence-corrected chi connectivity index (χ1v) is 9.53. The Balaban J connectivity index is 1.50. The van der Waals surface area contributed by atoms with E-state index >= 15 is 0 Å². The summed E-state index contributed by atoms with van der Waals surface area (Å²) >= 11 is 0. The highest BCUT2D eigenvalue weighted by molar-refractivity contribution is 5.99. The summed E-state index contributed by atoms with van der Waals surface area (Å²) < 4.78 is 26.2. The Labute approximate surface area is 172 Å². The van der Waals surface area contributed by atoms with Crippen molar-refractivity contribution in [2.75, 3.05) is 0 Å². The summed E-state index contributed by atoms with van der Waals surface area (Å²) in [5, 5.41) is 2.81. The summed E-state index contributed by atoms with van der Waals surface area (Å²) in [7, 11) is 0. The molecule has 3 aromatic rings. The normalized spacial score (nSPS) is 15.2. The van der Waals surface area contributed by atoms with Crippen LogP contribution in [0.3, 0.4) is 0 Å². The van der Waals surface area contributed by atoms with Gasteiger partial charge in [0, 0.05) is 19.3 Å². The lowest BCUT2D eigenvalue weighted by Gasteiger charge is -2.24. The first kappa shape index (κ1) is 19.7. The van der Waals surface area contributed by atoms with Gasteiger partial charge in [-0.05, 0) is 47.5 Å². The maximum atomic E-state index is 13.2. The molecule has 0 saturated carbocycles. The summed E-state index contributed by atoms with van der Waals surface area (Å²) in [4.78, 5) is 31.4. The molecule has 0 radical (unpaired) electrons. The minimum Gasteiger partial charge on any atom is -0.352 e. The number of halogens is 2. The number of amides is 2. The van der Waals surface area contributed by atoms with Crippen molar-refractivity contribution in [2.24, 2.45) is 0 Å². The molecule has 1 aromatic heterocycles. The summed E-state index contributed by atoms with van der Waals surface area (Å²) in [6.45, 7) is 0.498. The van der Waals surface area contributed by atoms with Gasteiger partial charge in [0.2, 0.25) is 5.91 Å². The fourth-order valence-electron chi connectivity index (χ4n) is 3.53. The maximum Gasteiger partial charge on any atom is 0.256 e.